The summed E-state index contributed by atoms with van der Waals surface area (Å²) in [5.41, 5.74) is -0.443. The van der Waals surface area contributed by atoms with Gasteiger partial charge in [-0.3, -0.25) is 4.79 Å². The van der Waals surface area contributed by atoms with Crippen LogP contribution in [0.2, 0.25) is 0 Å². The second-order valence-corrected chi connectivity index (χ2v) is 7.16. The highest BCUT2D eigenvalue weighted by molar-refractivity contribution is 5.81. The van der Waals surface area contributed by atoms with Crippen molar-refractivity contribution in [2.24, 2.45) is 5.41 Å². The second kappa shape index (κ2) is 21.6. The molecule has 0 heterocycles. The molecule has 0 bridgehead atoms. The van der Waals surface area contributed by atoms with Gasteiger partial charge < -0.3 is 37.9 Å². The number of ether oxygens (including phenoxy) is 8. The zero-order valence-corrected chi connectivity index (χ0v) is 19.3. The smallest absolute Gasteiger partial charge is 0.137 e. The molecule has 0 unspecified atom stereocenters. The van der Waals surface area contributed by atoms with Crippen molar-refractivity contribution in [3.8, 4) is 0 Å². The number of ketones is 1. The predicted octanol–water partition coefficient (Wildman–Crippen LogP) is 1.36. The SMILES string of the molecule is COCCOCCOCCOCCOCCOCCOCCOCC(C)(C)C(C)=O. The third-order valence-electron chi connectivity index (χ3n) is 4.08. The molecule has 0 aliphatic heterocycles. The van der Waals surface area contributed by atoms with Crippen LogP contribution >= 0.6 is 0 Å². The van der Waals surface area contributed by atoms with Gasteiger partial charge in [-0.15, -0.1) is 0 Å². The largest absolute Gasteiger partial charge is 0.382 e. The molecular formula is C21H42O9. The van der Waals surface area contributed by atoms with Crippen LogP contribution in [0.3, 0.4) is 0 Å². The van der Waals surface area contributed by atoms with Gasteiger partial charge in [0.2, 0.25) is 0 Å². The number of rotatable bonds is 24. The third-order valence-corrected chi connectivity index (χ3v) is 4.08. The number of hydrogen-bond donors (Lipinski definition) is 0. The maximum absolute atomic E-state index is 11.4. The molecule has 0 N–H and O–H groups in total. The van der Waals surface area contributed by atoms with Crippen LogP contribution in [0.15, 0.2) is 0 Å². The molecule has 0 aromatic heterocycles. The van der Waals surface area contributed by atoms with Crippen LogP contribution in [0, 0.1) is 5.41 Å². The lowest BCUT2D eigenvalue weighted by molar-refractivity contribution is -0.128. The topological polar surface area (TPSA) is 90.9 Å². The van der Waals surface area contributed by atoms with Crippen LogP contribution in [-0.4, -0.2) is 112 Å². The van der Waals surface area contributed by atoms with Crippen molar-refractivity contribution in [2.75, 3.05) is 106 Å². The molecule has 0 amide bonds. The molecule has 0 saturated heterocycles. The average molecular weight is 439 g/mol. The van der Waals surface area contributed by atoms with Gasteiger partial charge in [0.1, 0.15) is 5.78 Å². The van der Waals surface area contributed by atoms with Gasteiger partial charge in [0.05, 0.1) is 99.1 Å². The summed E-state index contributed by atoms with van der Waals surface area (Å²) < 4.78 is 42.6. The van der Waals surface area contributed by atoms with E-state index >= 15 is 0 Å². The number of methoxy groups -OCH3 is 1. The number of carbonyl (C=O) groups is 1. The molecule has 0 aliphatic rings. The van der Waals surface area contributed by atoms with E-state index in [9.17, 15) is 4.79 Å². The molecule has 0 aromatic carbocycles. The van der Waals surface area contributed by atoms with E-state index < -0.39 is 5.41 Å². The molecular weight excluding hydrogens is 396 g/mol. The van der Waals surface area contributed by atoms with Crippen LogP contribution in [0.1, 0.15) is 20.8 Å². The molecule has 0 radical (unpaired) electrons. The highest BCUT2D eigenvalue weighted by Crippen LogP contribution is 2.16. The molecule has 180 valence electrons. The van der Waals surface area contributed by atoms with E-state index in [0.29, 0.717) is 99.1 Å². The molecule has 0 fully saturated rings. The summed E-state index contributed by atoms with van der Waals surface area (Å²) in [5.74, 6) is 0.121. The number of carbonyl (C=O) groups excluding carboxylic acids is 1. The van der Waals surface area contributed by atoms with E-state index in [4.69, 9.17) is 37.9 Å². The van der Waals surface area contributed by atoms with Crippen LogP contribution < -0.4 is 0 Å². The van der Waals surface area contributed by atoms with E-state index in [1.165, 1.54) is 0 Å². The molecule has 0 aliphatic carbocycles. The molecule has 0 rings (SSSR count). The van der Waals surface area contributed by atoms with Crippen molar-refractivity contribution >= 4 is 5.78 Å². The molecule has 9 nitrogen and oxygen atoms in total. The van der Waals surface area contributed by atoms with Gasteiger partial charge in [0.15, 0.2) is 0 Å². The first-order valence-electron chi connectivity index (χ1n) is 10.5. The fraction of sp³-hybridized carbons (Fsp3) is 0.952. The molecule has 0 spiro atoms. The number of hydrogen-bond acceptors (Lipinski definition) is 9. The van der Waals surface area contributed by atoms with Crippen molar-refractivity contribution in [3.63, 3.8) is 0 Å². The van der Waals surface area contributed by atoms with Gasteiger partial charge in [-0.05, 0) is 6.92 Å². The minimum atomic E-state index is -0.443. The normalized spacial score (nSPS) is 11.9. The summed E-state index contributed by atoms with van der Waals surface area (Å²) >= 11 is 0. The maximum atomic E-state index is 11.4. The van der Waals surface area contributed by atoms with Crippen LogP contribution in [0.4, 0.5) is 0 Å². The lowest BCUT2D eigenvalue weighted by Crippen LogP contribution is -2.28. The number of Topliss-reactive ketones (excluding diaryl/α,β-unsaturated/α-hetero) is 1. The van der Waals surface area contributed by atoms with Crippen molar-refractivity contribution in [2.45, 2.75) is 20.8 Å². The van der Waals surface area contributed by atoms with Gasteiger partial charge in [0, 0.05) is 12.5 Å². The third kappa shape index (κ3) is 20.6. The summed E-state index contributed by atoms with van der Waals surface area (Å²) in [7, 11) is 1.64. The zero-order valence-electron chi connectivity index (χ0n) is 19.3. The van der Waals surface area contributed by atoms with Crippen LogP contribution in [0.25, 0.3) is 0 Å². The Morgan fingerprint density at radius 3 is 1.07 bits per heavy atom. The summed E-state index contributed by atoms with van der Waals surface area (Å²) in [6.45, 7) is 13.1. The van der Waals surface area contributed by atoms with Crippen LogP contribution in [-0.2, 0) is 42.7 Å². The maximum Gasteiger partial charge on any atom is 0.137 e. The lowest BCUT2D eigenvalue weighted by Gasteiger charge is -2.20. The van der Waals surface area contributed by atoms with E-state index in [0.717, 1.165) is 0 Å². The fourth-order valence-corrected chi connectivity index (χ4v) is 1.89. The monoisotopic (exact) mass is 438 g/mol. The minimum absolute atomic E-state index is 0.121. The van der Waals surface area contributed by atoms with Crippen molar-refractivity contribution < 1.29 is 42.7 Å². The van der Waals surface area contributed by atoms with Gasteiger partial charge >= 0.3 is 0 Å². The van der Waals surface area contributed by atoms with Gasteiger partial charge in [-0.2, -0.15) is 0 Å². The molecule has 0 saturated carbocycles. The predicted molar refractivity (Wildman–Crippen MR) is 112 cm³/mol. The lowest BCUT2D eigenvalue weighted by atomic mass is 9.90. The van der Waals surface area contributed by atoms with Crippen molar-refractivity contribution in [1.29, 1.82) is 0 Å². The van der Waals surface area contributed by atoms with E-state index in [2.05, 4.69) is 0 Å². The fourth-order valence-electron chi connectivity index (χ4n) is 1.89. The van der Waals surface area contributed by atoms with Gasteiger partial charge in [-0.25, -0.2) is 0 Å². The van der Waals surface area contributed by atoms with Gasteiger partial charge in [-0.1, -0.05) is 13.8 Å². The van der Waals surface area contributed by atoms with E-state index in [1.807, 2.05) is 13.8 Å². The zero-order chi connectivity index (χ0) is 22.3. The van der Waals surface area contributed by atoms with Gasteiger partial charge in [0.25, 0.3) is 0 Å². The standard InChI is InChI=1S/C21H42O9/c1-20(22)21(2,3)19-30-18-17-29-16-15-28-14-13-27-12-11-26-10-9-25-8-7-24-6-5-23-4/h5-19H2,1-4H3. The first kappa shape index (κ1) is 29.4. The van der Waals surface area contributed by atoms with E-state index in [-0.39, 0.29) is 5.78 Å². The molecule has 0 aromatic rings. The van der Waals surface area contributed by atoms with Crippen molar-refractivity contribution in [1.82, 2.24) is 0 Å². The summed E-state index contributed by atoms with van der Waals surface area (Å²) in [6, 6.07) is 0. The summed E-state index contributed by atoms with van der Waals surface area (Å²) in [6.07, 6.45) is 0. The minimum Gasteiger partial charge on any atom is -0.382 e. The first-order valence-corrected chi connectivity index (χ1v) is 10.5. The Labute approximate surface area is 181 Å². The second-order valence-electron chi connectivity index (χ2n) is 7.16. The molecule has 9 heteroatoms. The Balaban J connectivity index is 3.11. The Morgan fingerprint density at radius 1 is 0.533 bits per heavy atom. The Bertz CT molecular complexity index is 377. The summed E-state index contributed by atoms with van der Waals surface area (Å²) in [5, 5.41) is 0. The summed E-state index contributed by atoms with van der Waals surface area (Å²) in [4.78, 5) is 11.4. The first-order chi connectivity index (χ1) is 14.5. The van der Waals surface area contributed by atoms with E-state index in [1.54, 1.807) is 14.0 Å². The quantitative estimate of drug-likeness (QED) is 0.207. The Hall–Kier alpha value is -0.650. The Kier molecular flexibility index (Phi) is 21.1. The molecule has 0 atom stereocenters. The average Bonchev–Trinajstić information content (AvgIpc) is 2.71. The van der Waals surface area contributed by atoms with Crippen LogP contribution in [0.5, 0.6) is 0 Å². The highest BCUT2D eigenvalue weighted by Gasteiger charge is 2.23. The highest BCUT2D eigenvalue weighted by atomic mass is 16.6. The Morgan fingerprint density at radius 2 is 0.800 bits per heavy atom. The van der Waals surface area contributed by atoms with Crippen molar-refractivity contribution in [3.05, 3.63) is 0 Å². The molecule has 30 heavy (non-hydrogen) atoms.